The van der Waals surface area contributed by atoms with Crippen LogP contribution in [0.2, 0.25) is 0 Å². The monoisotopic (exact) mass is 407 g/mol. The summed E-state index contributed by atoms with van der Waals surface area (Å²) in [5.41, 5.74) is 1.13. The largest absolute Gasteiger partial charge is 0.493 e. The Bertz CT molecular complexity index is 760. The topological polar surface area (TPSA) is 49.0 Å². The Morgan fingerprint density at radius 3 is 2.54 bits per heavy atom. The minimum absolute atomic E-state index is 0. The summed E-state index contributed by atoms with van der Waals surface area (Å²) >= 11 is 0. The molecular formula is C22H30ClNO4. The number of rotatable bonds is 7. The number of fused-ring (bicyclic) bond motifs is 1. The zero-order valence-electron chi connectivity index (χ0n) is 17.0. The SMILES string of the molecule is COc1cccc(C(C)(C)C)c1OCCNC[C@H]1COc2ccccc2O1.Cl. The van der Waals surface area contributed by atoms with Crippen molar-refractivity contribution in [1.29, 1.82) is 0 Å². The van der Waals surface area contributed by atoms with Gasteiger partial charge in [0.2, 0.25) is 0 Å². The summed E-state index contributed by atoms with van der Waals surface area (Å²) in [5, 5.41) is 3.38. The molecule has 1 aliphatic rings. The second-order valence-electron chi connectivity index (χ2n) is 7.64. The third-order valence-electron chi connectivity index (χ3n) is 4.47. The summed E-state index contributed by atoms with van der Waals surface area (Å²) in [6, 6.07) is 13.8. The molecule has 1 heterocycles. The first-order valence-electron chi connectivity index (χ1n) is 9.38. The van der Waals surface area contributed by atoms with Gasteiger partial charge in [-0.15, -0.1) is 12.4 Å². The molecule has 6 heteroatoms. The third-order valence-corrected chi connectivity index (χ3v) is 4.47. The molecule has 28 heavy (non-hydrogen) atoms. The van der Waals surface area contributed by atoms with Gasteiger partial charge >= 0.3 is 0 Å². The lowest BCUT2D eigenvalue weighted by molar-refractivity contribution is 0.0897. The zero-order chi connectivity index (χ0) is 19.3. The lowest BCUT2D eigenvalue weighted by Gasteiger charge is -2.27. The zero-order valence-corrected chi connectivity index (χ0v) is 17.8. The van der Waals surface area contributed by atoms with Gasteiger partial charge in [-0.2, -0.15) is 0 Å². The average Bonchev–Trinajstić information content (AvgIpc) is 2.66. The molecule has 0 radical (unpaired) electrons. The molecule has 0 bridgehead atoms. The molecule has 0 saturated heterocycles. The van der Waals surface area contributed by atoms with Gasteiger partial charge in [-0.25, -0.2) is 0 Å². The summed E-state index contributed by atoms with van der Waals surface area (Å²) < 4.78 is 23.2. The van der Waals surface area contributed by atoms with E-state index in [9.17, 15) is 0 Å². The van der Waals surface area contributed by atoms with Gasteiger partial charge in [0.05, 0.1) is 7.11 Å². The highest BCUT2D eigenvalue weighted by Crippen LogP contribution is 2.38. The molecular weight excluding hydrogens is 378 g/mol. The van der Waals surface area contributed by atoms with Crippen LogP contribution in [0.4, 0.5) is 0 Å². The highest BCUT2D eigenvalue weighted by molar-refractivity contribution is 5.85. The van der Waals surface area contributed by atoms with Gasteiger partial charge in [-0.05, 0) is 23.6 Å². The summed E-state index contributed by atoms with van der Waals surface area (Å²) in [7, 11) is 1.67. The van der Waals surface area contributed by atoms with Crippen LogP contribution in [-0.2, 0) is 5.41 Å². The van der Waals surface area contributed by atoms with Crippen LogP contribution in [-0.4, -0.2) is 39.5 Å². The molecule has 1 aliphatic heterocycles. The van der Waals surface area contributed by atoms with E-state index in [4.69, 9.17) is 18.9 Å². The van der Waals surface area contributed by atoms with Crippen molar-refractivity contribution in [2.24, 2.45) is 0 Å². The fourth-order valence-corrected chi connectivity index (χ4v) is 3.07. The van der Waals surface area contributed by atoms with E-state index >= 15 is 0 Å². The van der Waals surface area contributed by atoms with Crippen molar-refractivity contribution in [3.63, 3.8) is 0 Å². The van der Waals surface area contributed by atoms with Gasteiger partial charge in [0.1, 0.15) is 19.3 Å². The van der Waals surface area contributed by atoms with Gasteiger partial charge in [0, 0.05) is 18.7 Å². The minimum Gasteiger partial charge on any atom is -0.493 e. The number of ether oxygens (including phenoxy) is 4. The maximum absolute atomic E-state index is 6.07. The van der Waals surface area contributed by atoms with Crippen LogP contribution in [0.25, 0.3) is 0 Å². The maximum atomic E-state index is 6.07. The maximum Gasteiger partial charge on any atom is 0.164 e. The van der Waals surface area contributed by atoms with Crippen LogP contribution < -0.4 is 24.3 Å². The summed E-state index contributed by atoms with van der Waals surface area (Å²) in [6.07, 6.45) is -0.00343. The Balaban J connectivity index is 0.00000280. The minimum atomic E-state index is -0.0159. The van der Waals surface area contributed by atoms with Gasteiger partial charge in [0.15, 0.2) is 23.0 Å². The molecule has 2 aromatic rings. The highest BCUT2D eigenvalue weighted by atomic mass is 35.5. The number of halogens is 1. The van der Waals surface area contributed by atoms with Gasteiger partial charge in [-0.1, -0.05) is 45.0 Å². The first kappa shape index (κ1) is 22.2. The smallest absolute Gasteiger partial charge is 0.164 e. The van der Waals surface area contributed by atoms with E-state index in [0.717, 1.165) is 28.6 Å². The van der Waals surface area contributed by atoms with Crippen molar-refractivity contribution >= 4 is 12.4 Å². The quantitative estimate of drug-likeness (QED) is 0.696. The van der Waals surface area contributed by atoms with Gasteiger partial charge < -0.3 is 24.3 Å². The lowest BCUT2D eigenvalue weighted by Crippen LogP contribution is -2.39. The lowest BCUT2D eigenvalue weighted by atomic mass is 9.86. The van der Waals surface area contributed by atoms with E-state index in [0.29, 0.717) is 26.3 Å². The number of methoxy groups -OCH3 is 1. The molecule has 0 fully saturated rings. The van der Waals surface area contributed by atoms with E-state index in [1.165, 1.54) is 0 Å². The van der Waals surface area contributed by atoms with Crippen molar-refractivity contribution in [1.82, 2.24) is 5.32 Å². The Labute approximate surface area is 173 Å². The third kappa shape index (κ3) is 5.46. The molecule has 0 aliphatic carbocycles. The normalized spacial score (nSPS) is 15.5. The number of hydrogen-bond acceptors (Lipinski definition) is 5. The molecule has 2 aromatic carbocycles. The molecule has 0 unspecified atom stereocenters. The molecule has 1 N–H and O–H groups in total. The molecule has 0 spiro atoms. The molecule has 1 atom stereocenters. The fraction of sp³-hybridized carbons (Fsp3) is 0.455. The molecule has 3 rings (SSSR count). The van der Waals surface area contributed by atoms with Crippen LogP contribution in [0.1, 0.15) is 26.3 Å². The van der Waals surface area contributed by atoms with E-state index < -0.39 is 0 Å². The second-order valence-corrected chi connectivity index (χ2v) is 7.64. The first-order chi connectivity index (χ1) is 13.0. The summed E-state index contributed by atoms with van der Waals surface area (Å²) in [6.45, 7) is 9.03. The predicted molar refractivity (Wildman–Crippen MR) is 114 cm³/mol. The second kappa shape index (κ2) is 9.89. The number of nitrogens with one attached hydrogen (secondary N) is 1. The summed E-state index contributed by atoms with van der Waals surface area (Å²) in [4.78, 5) is 0. The van der Waals surface area contributed by atoms with E-state index in [1.54, 1.807) is 7.11 Å². The number of hydrogen-bond donors (Lipinski definition) is 1. The molecule has 0 amide bonds. The average molecular weight is 408 g/mol. The van der Waals surface area contributed by atoms with E-state index in [2.05, 4.69) is 32.2 Å². The summed E-state index contributed by atoms with van der Waals surface area (Å²) in [5.74, 6) is 3.20. The van der Waals surface area contributed by atoms with Crippen molar-refractivity contribution < 1.29 is 18.9 Å². The van der Waals surface area contributed by atoms with Crippen molar-refractivity contribution in [3.8, 4) is 23.0 Å². The van der Waals surface area contributed by atoms with Crippen LogP contribution in [0.3, 0.4) is 0 Å². The predicted octanol–water partition coefficient (Wildman–Crippen LogP) is 4.22. The molecule has 0 aromatic heterocycles. The van der Waals surface area contributed by atoms with Crippen molar-refractivity contribution in [2.75, 3.05) is 33.4 Å². The van der Waals surface area contributed by atoms with Crippen LogP contribution in [0.15, 0.2) is 42.5 Å². The Morgan fingerprint density at radius 2 is 1.82 bits per heavy atom. The van der Waals surface area contributed by atoms with Crippen molar-refractivity contribution in [2.45, 2.75) is 32.3 Å². The van der Waals surface area contributed by atoms with Gasteiger partial charge in [0.25, 0.3) is 0 Å². The molecule has 154 valence electrons. The van der Waals surface area contributed by atoms with E-state index in [1.807, 2.05) is 36.4 Å². The molecule has 0 saturated carbocycles. The Kier molecular flexibility index (Phi) is 7.84. The first-order valence-corrected chi connectivity index (χ1v) is 9.38. The highest BCUT2D eigenvalue weighted by Gasteiger charge is 2.22. The van der Waals surface area contributed by atoms with Gasteiger partial charge in [-0.3, -0.25) is 0 Å². The van der Waals surface area contributed by atoms with Crippen LogP contribution in [0.5, 0.6) is 23.0 Å². The Morgan fingerprint density at radius 1 is 1.07 bits per heavy atom. The number of para-hydroxylation sites is 3. The van der Waals surface area contributed by atoms with E-state index in [-0.39, 0.29) is 23.9 Å². The fourth-order valence-electron chi connectivity index (χ4n) is 3.07. The van der Waals surface area contributed by atoms with Crippen LogP contribution >= 0.6 is 12.4 Å². The Hall–Kier alpha value is -2.11. The van der Waals surface area contributed by atoms with Crippen LogP contribution in [0, 0.1) is 0 Å². The number of benzene rings is 2. The standard InChI is InChI=1S/C22H29NO4.ClH/c1-22(2,3)17-8-7-11-20(24-4)21(17)25-13-12-23-14-16-15-26-18-9-5-6-10-19(18)27-16;/h5-11,16,23H,12-15H2,1-4H3;1H/t16-;/m0./s1. The molecule has 5 nitrogen and oxygen atoms in total. The van der Waals surface area contributed by atoms with Crippen molar-refractivity contribution in [3.05, 3.63) is 48.0 Å².